The third-order valence-corrected chi connectivity index (χ3v) is 4.23. The van der Waals surface area contributed by atoms with Gasteiger partial charge in [-0.2, -0.15) is 0 Å². The minimum absolute atomic E-state index is 0.402. The molecule has 0 aliphatic heterocycles. The van der Waals surface area contributed by atoms with E-state index in [4.69, 9.17) is 0 Å². The predicted octanol–water partition coefficient (Wildman–Crippen LogP) is 4.54. The molecule has 21 heavy (non-hydrogen) atoms. The summed E-state index contributed by atoms with van der Waals surface area (Å²) in [4.78, 5) is 0. The molecule has 0 amide bonds. The summed E-state index contributed by atoms with van der Waals surface area (Å²) in [6.07, 6.45) is 2.08. The number of rotatable bonds is 3. The second-order valence-electron chi connectivity index (χ2n) is 5.64. The van der Waals surface area contributed by atoms with Crippen LogP contribution in [-0.4, -0.2) is 6.54 Å². The molecule has 0 spiro atoms. The van der Waals surface area contributed by atoms with Gasteiger partial charge in [0, 0.05) is 17.7 Å². The Bertz CT molecular complexity index is 679. The quantitative estimate of drug-likeness (QED) is 0.874. The van der Waals surface area contributed by atoms with E-state index in [-0.39, 0.29) is 0 Å². The Labute approximate surface area is 124 Å². The fraction of sp³-hybridized carbons (Fsp3) is 0.333. The number of halogens is 2. The standard InChI is InChI=1S/C18H19F2N/c1-3-21-18-7-5-12-9-13(4-6-14(12)18)15-8-11(2)16(19)10-17(15)20/h4,6,8-10,18,21H,3,5,7H2,1-2H3. The van der Waals surface area contributed by atoms with Gasteiger partial charge < -0.3 is 5.32 Å². The van der Waals surface area contributed by atoms with Crippen LogP contribution in [-0.2, 0) is 6.42 Å². The van der Waals surface area contributed by atoms with E-state index < -0.39 is 11.6 Å². The van der Waals surface area contributed by atoms with Crippen molar-refractivity contribution < 1.29 is 8.78 Å². The average Bonchev–Trinajstić information content (AvgIpc) is 2.86. The Balaban J connectivity index is 2.01. The van der Waals surface area contributed by atoms with Gasteiger partial charge in [0.05, 0.1) is 0 Å². The molecule has 0 saturated carbocycles. The van der Waals surface area contributed by atoms with E-state index in [0.717, 1.165) is 31.0 Å². The number of benzene rings is 2. The number of nitrogens with one attached hydrogen (secondary N) is 1. The van der Waals surface area contributed by atoms with Crippen molar-refractivity contribution in [2.75, 3.05) is 6.54 Å². The number of hydrogen-bond acceptors (Lipinski definition) is 1. The Morgan fingerprint density at radius 1 is 1.14 bits per heavy atom. The van der Waals surface area contributed by atoms with Crippen LogP contribution < -0.4 is 5.32 Å². The summed E-state index contributed by atoms with van der Waals surface area (Å²) < 4.78 is 27.4. The molecule has 1 aliphatic rings. The van der Waals surface area contributed by atoms with E-state index in [2.05, 4.69) is 18.3 Å². The van der Waals surface area contributed by atoms with Crippen LogP contribution in [0.3, 0.4) is 0 Å². The van der Waals surface area contributed by atoms with Crippen molar-refractivity contribution in [3.8, 4) is 11.1 Å². The molecule has 3 heteroatoms. The van der Waals surface area contributed by atoms with E-state index in [1.165, 1.54) is 11.1 Å². The smallest absolute Gasteiger partial charge is 0.133 e. The van der Waals surface area contributed by atoms with Crippen LogP contribution in [0.5, 0.6) is 0 Å². The highest BCUT2D eigenvalue weighted by Gasteiger charge is 2.22. The second kappa shape index (κ2) is 5.57. The number of aryl methyl sites for hydroxylation is 2. The summed E-state index contributed by atoms with van der Waals surface area (Å²) in [6.45, 7) is 4.70. The van der Waals surface area contributed by atoms with Crippen LogP contribution in [0, 0.1) is 18.6 Å². The van der Waals surface area contributed by atoms with Gasteiger partial charge in [0.25, 0.3) is 0 Å². The Morgan fingerprint density at radius 3 is 2.71 bits per heavy atom. The van der Waals surface area contributed by atoms with E-state index >= 15 is 0 Å². The maximum Gasteiger partial charge on any atom is 0.133 e. The zero-order valence-electron chi connectivity index (χ0n) is 12.3. The molecule has 0 heterocycles. The average molecular weight is 287 g/mol. The first-order valence-electron chi connectivity index (χ1n) is 7.42. The molecule has 0 radical (unpaired) electrons. The monoisotopic (exact) mass is 287 g/mol. The zero-order valence-corrected chi connectivity index (χ0v) is 12.3. The topological polar surface area (TPSA) is 12.0 Å². The van der Waals surface area contributed by atoms with Crippen LogP contribution in [0.1, 0.15) is 36.1 Å². The fourth-order valence-corrected chi connectivity index (χ4v) is 3.12. The maximum atomic E-state index is 14.0. The lowest BCUT2D eigenvalue weighted by Crippen LogP contribution is -2.18. The molecule has 1 nitrogen and oxygen atoms in total. The summed E-state index contributed by atoms with van der Waals surface area (Å²) >= 11 is 0. The van der Waals surface area contributed by atoms with Crippen LogP contribution in [0.4, 0.5) is 8.78 Å². The Kier molecular flexibility index (Phi) is 3.77. The first-order valence-corrected chi connectivity index (χ1v) is 7.42. The minimum Gasteiger partial charge on any atom is -0.310 e. The molecule has 1 N–H and O–H groups in total. The first kappa shape index (κ1) is 14.2. The van der Waals surface area contributed by atoms with E-state index in [0.29, 0.717) is 17.2 Å². The van der Waals surface area contributed by atoms with Gasteiger partial charge in [-0.05, 0) is 54.6 Å². The van der Waals surface area contributed by atoms with Crippen molar-refractivity contribution in [2.45, 2.75) is 32.7 Å². The molecule has 0 fully saturated rings. The van der Waals surface area contributed by atoms with Crippen LogP contribution >= 0.6 is 0 Å². The van der Waals surface area contributed by atoms with E-state index in [9.17, 15) is 8.78 Å². The van der Waals surface area contributed by atoms with Gasteiger partial charge in [-0.1, -0.05) is 25.1 Å². The van der Waals surface area contributed by atoms with Crippen LogP contribution in [0.25, 0.3) is 11.1 Å². The second-order valence-corrected chi connectivity index (χ2v) is 5.64. The molecule has 0 aromatic heterocycles. The first-order chi connectivity index (χ1) is 10.1. The van der Waals surface area contributed by atoms with Gasteiger partial charge >= 0.3 is 0 Å². The minimum atomic E-state index is -0.501. The highest BCUT2D eigenvalue weighted by molar-refractivity contribution is 5.67. The molecule has 0 bridgehead atoms. The Hall–Kier alpha value is -1.74. The van der Waals surface area contributed by atoms with Crippen LogP contribution in [0.15, 0.2) is 30.3 Å². The third kappa shape index (κ3) is 2.58. The molecular formula is C18H19F2N. The predicted molar refractivity (Wildman–Crippen MR) is 81.3 cm³/mol. The molecule has 3 rings (SSSR count). The number of hydrogen-bond donors (Lipinski definition) is 1. The SMILES string of the molecule is CCNC1CCc2cc(-c3cc(C)c(F)cc3F)ccc21. The van der Waals surface area contributed by atoms with Gasteiger partial charge in [-0.15, -0.1) is 0 Å². The van der Waals surface area contributed by atoms with Crippen molar-refractivity contribution in [2.24, 2.45) is 0 Å². The lowest BCUT2D eigenvalue weighted by Gasteiger charge is -2.13. The largest absolute Gasteiger partial charge is 0.310 e. The highest BCUT2D eigenvalue weighted by atomic mass is 19.1. The lowest BCUT2D eigenvalue weighted by atomic mass is 9.98. The van der Waals surface area contributed by atoms with Gasteiger partial charge in [0.15, 0.2) is 0 Å². The molecular weight excluding hydrogens is 268 g/mol. The van der Waals surface area contributed by atoms with Crippen molar-refractivity contribution in [1.29, 1.82) is 0 Å². The summed E-state index contributed by atoms with van der Waals surface area (Å²) in [5.41, 5.74) is 4.34. The molecule has 110 valence electrons. The third-order valence-electron chi connectivity index (χ3n) is 4.23. The summed E-state index contributed by atoms with van der Waals surface area (Å²) in [7, 11) is 0. The summed E-state index contributed by atoms with van der Waals surface area (Å²) in [6, 6.07) is 9.01. The van der Waals surface area contributed by atoms with Crippen molar-refractivity contribution in [1.82, 2.24) is 5.32 Å². The lowest BCUT2D eigenvalue weighted by molar-refractivity contribution is 0.549. The molecule has 2 aromatic rings. The fourth-order valence-electron chi connectivity index (χ4n) is 3.12. The van der Waals surface area contributed by atoms with Crippen molar-refractivity contribution >= 4 is 0 Å². The molecule has 2 aromatic carbocycles. The number of fused-ring (bicyclic) bond motifs is 1. The van der Waals surface area contributed by atoms with Crippen molar-refractivity contribution in [3.63, 3.8) is 0 Å². The zero-order chi connectivity index (χ0) is 15.0. The maximum absolute atomic E-state index is 14.0. The normalized spacial score (nSPS) is 17.0. The van der Waals surface area contributed by atoms with Gasteiger partial charge in [-0.25, -0.2) is 8.78 Å². The van der Waals surface area contributed by atoms with Gasteiger partial charge in [0.2, 0.25) is 0 Å². The molecule has 1 atom stereocenters. The molecule has 1 aliphatic carbocycles. The van der Waals surface area contributed by atoms with Gasteiger partial charge in [-0.3, -0.25) is 0 Å². The van der Waals surface area contributed by atoms with Crippen molar-refractivity contribution in [3.05, 3.63) is 58.7 Å². The Morgan fingerprint density at radius 2 is 1.95 bits per heavy atom. The van der Waals surface area contributed by atoms with Crippen LogP contribution in [0.2, 0.25) is 0 Å². The summed E-state index contributed by atoms with van der Waals surface area (Å²) in [5.74, 6) is -0.996. The van der Waals surface area contributed by atoms with E-state index in [1.54, 1.807) is 13.0 Å². The highest BCUT2D eigenvalue weighted by Crippen LogP contribution is 2.35. The summed E-state index contributed by atoms with van der Waals surface area (Å²) in [5, 5.41) is 3.46. The van der Waals surface area contributed by atoms with Gasteiger partial charge in [0.1, 0.15) is 11.6 Å². The van der Waals surface area contributed by atoms with E-state index in [1.807, 2.05) is 12.1 Å². The molecule has 0 saturated heterocycles. The molecule has 1 unspecified atom stereocenters.